The molecule has 0 radical (unpaired) electrons. The van der Waals surface area contributed by atoms with Crippen molar-refractivity contribution in [1.82, 2.24) is 5.32 Å². The van der Waals surface area contributed by atoms with E-state index in [1.165, 1.54) is 5.56 Å². The van der Waals surface area contributed by atoms with Gasteiger partial charge in [0.2, 0.25) is 0 Å². The molecule has 1 aliphatic carbocycles. The number of amides is 2. The number of nitrogens with one attached hydrogen (secondary N) is 2. The number of carbonyl (C=O) groups excluding carboxylic acids is 1. The van der Waals surface area contributed by atoms with Crippen LogP contribution in [0.3, 0.4) is 0 Å². The molecule has 3 atom stereocenters. The SMILES string of the molecule is O=C(Nc1cccc2c1CC(O)C2)NC1c2ccccc2OCC1Cc1ccccc1. The predicted molar refractivity (Wildman–Crippen MR) is 120 cm³/mol. The van der Waals surface area contributed by atoms with E-state index < -0.39 is 0 Å². The summed E-state index contributed by atoms with van der Waals surface area (Å²) in [5.74, 6) is 0.937. The maximum atomic E-state index is 13.0. The first kappa shape index (κ1) is 19.6. The van der Waals surface area contributed by atoms with Gasteiger partial charge in [-0.05, 0) is 41.7 Å². The first-order valence-electron chi connectivity index (χ1n) is 10.8. The van der Waals surface area contributed by atoms with Gasteiger partial charge in [-0.2, -0.15) is 0 Å². The molecule has 0 fully saturated rings. The molecule has 2 aliphatic rings. The summed E-state index contributed by atoms with van der Waals surface area (Å²) >= 11 is 0. The zero-order valence-electron chi connectivity index (χ0n) is 17.3. The molecule has 0 spiro atoms. The number of rotatable bonds is 4. The molecule has 0 saturated carbocycles. The Balaban J connectivity index is 1.37. The average Bonchev–Trinajstić information content (AvgIpc) is 3.17. The lowest BCUT2D eigenvalue weighted by Gasteiger charge is -2.34. The van der Waals surface area contributed by atoms with Gasteiger partial charge in [0, 0.05) is 23.6 Å². The van der Waals surface area contributed by atoms with Crippen LogP contribution >= 0.6 is 0 Å². The fourth-order valence-electron chi connectivity index (χ4n) is 4.75. The number of para-hydroxylation sites is 1. The monoisotopic (exact) mass is 414 g/mol. The van der Waals surface area contributed by atoms with E-state index in [-0.39, 0.29) is 24.1 Å². The van der Waals surface area contributed by atoms with E-state index in [9.17, 15) is 9.90 Å². The molecule has 1 aliphatic heterocycles. The van der Waals surface area contributed by atoms with E-state index in [0.717, 1.165) is 34.5 Å². The highest BCUT2D eigenvalue weighted by atomic mass is 16.5. The first-order chi connectivity index (χ1) is 15.2. The van der Waals surface area contributed by atoms with Crippen LogP contribution in [-0.4, -0.2) is 23.8 Å². The molecule has 3 aromatic rings. The van der Waals surface area contributed by atoms with E-state index in [2.05, 4.69) is 22.8 Å². The number of anilines is 1. The van der Waals surface area contributed by atoms with Crippen molar-refractivity contribution >= 4 is 11.7 Å². The van der Waals surface area contributed by atoms with E-state index in [1.54, 1.807) is 0 Å². The Morgan fingerprint density at radius 3 is 2.65 bits per heavy atom. The second-order valence-corrected chi connectivity index (χ2v) is 8.38. The van der Waals surface area contributed by atoms with Crippen LogP contribution in [0.1, 0.15) is 28.3 Å². The van der Waals surface area contributed by atoms with Crippen LogP contribution in [0.15, 0.2) is 72.8 Å². The van der Waals surface area contributed by atoms with Crippen LogP contribution < -0.4 is 15.4 Å². The van der Waals surface area contributed by atoms with Crippen molar-refractivity contribution in [3.8, 4) is 5.75 Å². The summed E-state index contributed by atoms with van der Waals surface area (Å²) in [7, 11) is 0. The van der Waals surface area contributed by atoms with Gasteiger partial charge in [-0.1, -0.05) is 60.7 Å². The summed E-state index contributed by atoms with van der Waals surface area (Å²) < 4.78 is 6.01. The molecular weight excluding hydrogens is 388 g/mol. The molecule has 5 heteroatoms. The lowest BCUT2D eigenvalue weighted by molar-refractivity contribution is 0.176. The molecule has 3 aromatic carbocycles. The summed E-state index contributed by atoms with van der Waals surface area (Å²) in [4.78, 5) is 13.0. The molecule has 158 valence electrons. The molecule has 0 aromatic heterocycles. The van der Waals surface area contributed by atoms with Gasteiger partial charge in [-0.3, -0.25) is 0 Å². The van der Waals surface area contributed by atoms with Crippen molar-refractivity contribution in [1.29, 1.82) is 0 Å². The first-order valence-corrected chi connectivity index (χ1v) is 10.8. The van der Waals surface area contributed by atoms with Gasteiger partial charge in [0.25, 0.3) is 0 Å². The Labute approximate surface area is 182 Å². The molecule has 3 N–H and O–H groups in total. The Morgan fingerprint density at radius 1 is 0.968 bits per heavy atom. The minimum atomic E-state index is -0.376. The quantitative estimate of drug-likeness (QED) is 0.597. The predicted octanol–water partition coefficient (Wildman–Crippen LogP) is 4.26. The standard InChI is InChI=1S/C26H26N2O3/c29-20-14-18-9-6-11-23(22(18)15-20)27-26(30)28-25-19(13-17-7-2-1-3-8-17)16-31-24-12-5-4-10-21(24)25/h1-12,19-20,25,29H,13-16H2,(H2,27,28,30). The summed E-state index contributed by atoms with van der Waals surface area (Å²) in [5.41, 5.74) is 5.12. The Kier molecular flexibility index (Phi) is 5.35. The van der Waals surface area contributed by atoms with Gasteiger partial charge in [0.15, 0.2) is 0 Å². The van der Waals surface area contributed by atoms with Crippen LogP contribution in [0, 0.1) is 5.92 Å². The van der Waals surface area contributed by atoms with E-state index in [0.29, 0.717) is 19.4 Å². The van der Waals surface area contributed by atoms with E-state index >= 15 is 0 Å². The van der Waals surface area contributed by atoms with Crippen molar-refractivity contribution < 1.29 is 14.6 Å². The molecule has 0 bridgehead atoms. The summed E-state index contributed by atoms with van der Waals surface area (Å²) in [6, 6.07) is 23.6. The van der Waals surface area contributed by atoms with Crippen LogP contribution in [0.5, 0.6) is 5.75 Å². The Morgan fingerprint density at radius 2 is 1.77 bits per heavy atom. The third-order valence-corrected chi connectivity index (χ3v) is 6.22. The lowest BCUT2D eigenvalue weighted by Crippen LogP contribution is -2.41. The number of urea groups is 1. The number of carbonyl (C=O) groups is 1. The molecule has 31 heavy (non-hydrogen) atoms. The van der Waals surface area contributed by atoms with E-state index in [4.69, 9.17) is 4.74 Å². The van der Waals surface area contributed by atoms with Gasteiger partial charge >= 0.3 is 6.03 Å². The number of hydrogen-bond donors (Lipinski definition) is 3. The number of ether oxygens (including phenoxy) is 1. The minimum absolute atomic E-state index is 0.117. The third kappa shape index (κ3) is 4.14. The molecule has 0 saturated heterocycles. The zero-order valence-corrected chi connectivity index (χ0v) is 17.3. The molecule has 5 rings (SSSR count). The topological polar surface area (TPSA) is 70.6 Å². The highest BCUT2D eigenvalue weighted by molar-refractivity contribution is 5.91. The van der Waals surface area contributed by atoms with Crippen molar-refractivity contribution in [2.45, 2.75) is 31.4 Å². The van der Waals surface area contributed by atoms with Crippen LogP contribution in [0.25, 0.3) is 0 Å². The summed E-state index contributed by atoms with van der Waals surface area (Å²) in [6.45, 7) is 0.545. The highest BCUT2D eigenvalue weighted by Crippen LogP contribution is 2.37. The largest absolute Gasteiger partial charge is 0.493 e. The fraction of sp³-hybridized carbons (Fsp3) is 0.269. The molecule has 5 nitrogen and oxygen atoms in total. The van der Waals surface area contributed by atoms with Crippen LogP contribution in [0.4, 0.5) is 10.5 Å². The van der Waals surface area contributed by atoms with Crippen molar-refractivity contribution in [3.05, 3.63) is 95.1 Å². The maximum Gasteiger partial charge on any atom is 0.319 e. The fourth-order valence-corrected chi connectivity index (χ4v) is 4.75. The Bertz CT molecular complexity index is 1080. The number of fused-ring (bicyclic) bond motifs is 2. The second-order valence-electron chi connectivity index (χ2n) is 8.38. The van der Waals surface area contributed by atoms with Gasteiger partial charge in [-0.15, -0.1) is 0 Å². The van der Waals surface area contributed by atoms with Crippen molar-refractivity contribution in [2.24, 2.45) is 5.92 Å². The van der Waals surface area contributed by atoms with Crippen LogP contribution in [0.2, 0.25) is 0 Å². The lowest BCUT2D eigenvalue weighted by atomic mass is 9.86. The molecule has 3 unspecified atom stereocenters. The smallest absolute Gasteiger partial charge is 0.319 e. The molecule has 2 amide bonds. The second kappa shape index (κ2) is 8.44. The van der Waals surface area contributed by atoms with Gasteiger partial charge in [0.1, 0.15) is 5.75 Å². The average molecular weight is 415 g/mol. The maximum absolute atomic E-state index is 13.0. The Hall–Kier alpha value is -3.31. The zero-order chi connectivity index (χ0) is 21.2. The number of aliphatic hydroxyl groups excluding tert-OH is 1. The summed E-state index contributed by atoms with van der Waals surface area (Å²) in [5, 5.41) is 16.2. The molecular formula is C26H26N2O3. The minimum Gasteiger partial charge on any atom is -0.493 e. The van der Waals surface area contributed by atoms with Gasteiger partial charge in [0.05, 0.1) is 18.8 Å². The number of benzene rings is 3. The number of hydrogen-bond acceptors (Lipinski definition) is 3. The molecule has 1 heterocycles. The highest BCUT2D eigenvalue weighted by Gasteiger charge is 2.32. The van der Waals surface area contributed by atoms with Crippen LogP contribution in [-0.2, 0) is 19.3 Å². The van der Waals surface area contributed by atoms with E-state index in [1.807, 2.05) is 60.7 Å². The number of aliphatic hydroxyl groups is 1. The van der Waals surface area contributed by atoms with Crippen molar-refractivity contribution in [2.75, 3.05) is 11.9 Å². The van der Waals surface area contributed by atoms with Gasteiger partial charge in [-0.25, -0.2) is 4.79 Å². The summed E-state index contributed by atoms with van der Waals surface area (Å²) in [6.07, 6.45) is 1.65. The van der Waals surface area contributed by atoms with Crippen molar-refractivity contribution in [3.63, 3.8) is 0 Å². The normalized spacial score (nSPS) is 21.5. The van der Waals surface area contributed by atoms with Gasteiger partial charge < -0.3 is 20.5 Å². The third-order valence-electron chi connectivity index (χ3n) is 6.22.